The molecule has 0 saturated heterocycles. The van der Waals surface area contributed by atoms with Gasteiger partial charge in [-0.25, -0.2) is 0 Å². The standard InChI is InChI=1S/C18H24N2S/c1-4-11-20(12-5-2)14-16-15-9-7-8-10-17(15)21-18(16)13-19-6-3/h4-5,7-10,19H,1-2,6,11-14H2,3H3. The highest BCUT2D eigenvalue weighted by Crippen LogP contribution is 2.32. The summed E-state index contributed by atoms with van der Waals surface area (Å²) < 4.78 is 1.37. The molecule has 0 bridgehead atoms. The van der Waals surface area contributed by atoms with Crippen LogP contribution in [0.15, 0.2) is 49.6 Å². The van der Waals surface area contributed by atoms with Crippen LogP contribution in [-0.2, 0) is 13.1 Å². The first-order chi connectivity index (χ1) is 10.3. The lowest BCUT2D eigenvalue weighted by Crippen LogP contribution is -2.24. The van der Waals surface area contributed by atoms with Crippen molar-refractivity contribution in [3.8, 4) is 0 Å². The van der Waals surface area contributed by atoms with Crippen LogP contribution >= 0.6 is 11.3 Å². The molecule has 0 radical (unpaired) electrons. The van der Waals surface area contributed by atoms with Crippen LogP contribution in [-0.4, -0.2) is 24.5 Å². The van der Waals surface area contributed by atoms with Gasteiger partial charge in [0.05, 0.1) is 0 Å². The molecule has 1 N–H and O–H groups in total. The Bertz CT molecular complexity index is 590. The predicted molar refractivity (Wildman–Crippen MR) is 94.9 cm³/mol. The second kappa shape index (κ2) is 8.13. The molecular weight excluding hydrogens is 276 g/mol. The Morgan fingerprint density at radius 3 is 2.57 bits per heavy atom. The van der Waals surface area contributed by atoms with E-state index in [1.54, 1.807) is 0 Å². The maximum Gasteiger partial charge on any atom is 0.0349 e. The fraction of sp³-hybridized carbons (Fsp3) is 0.333. The molecule has 1 aromatic heterocycles. The second-order valence-corrected chi connectivity index (χ2v) is 6.19. The van der Waals surface area contributed by atoms with E-state index >= 15 is 0 Å². The molecule has 0 spiro atoms. The summed E-state index contributed by atoms with van der Waals surface area (Å²) in [5, 5.41) is 4.84. The average Bonchev–Trinajstić information content (AvgIpc) is 2.84. The normalized spacial score (nSPS) is 11.1. The number of nitrogens with zero attached hydrogens (tertiary/aromatic N) is 1. The fourth-order valence-electron chi connectivity index (χ4n) is 2.50. The second-order valence-electron chi connectivity index (χ2n) is 5.05. The number of hydrogen-bond acceptors (Lipinski definition) is 3. The Morgan fingerprint density at radius 2 is 1.90 bits per heavy atom. The quantitative estimate of drug-likeness (QED) is 0.699. The molecule has 0 aliphatic heterocycles. The first-order valence-corrected chi connectivity index (χ1v) is 8.26. The number of benzene rings is 1. The minimum atomic E-state index is 0.886. The zero-order chi connectivity index (χ0) is 15.1. The fourth-order valence-corrected chi connectivity index (χ4v) is 3.68. The van der Waals surface area contributed by atoms with Crippen molar-refractivity contribution < 1.29 is 0 Å². The summed E-state index contributed by atoms with van der Waals surface area (Å²) >= 11 is 1.90. The molecule has 0 aliphatic carbocycles. The molecule has 0 saturated carbocycles. The summed E-state index contributed by atoms with van der Waals surface area (Å²) in [7, 11) is 0. The van der Waals surface area contributed by atoms with Gasteiger partial charge in [-0.05, 0) is 23.6 Å². The average molecular weight is 300 g/mol. The molecular formula is C18H24N2S. The minimum absolute atomic E-state index is 0.886. The highest BCUT2D eigenvalue weighted by molar-refractivity contribution is 7.19. The van der Waals surface area contributed by atoms with Crippen LogP contribution < -0.4 is 5.32 Å². The smallest absolute Gasteiger partial charge is 0.0349 e. The van der Waals surface area contributed by atoms with Crippen molar-refractivity contribution in [1.82, 2.24) is 10.2 Å². The van der Waals surface area contributed by atoms with Gasteiger partial charge in [0, 0.05) is 35.8 Å². The Hall–Kier alpha value is -1.42. The maximum absolute atomic E-state index is 3.86. The van der Waals surface area contributed by atoms with E-state index in [1.807, 2.05) is 23.5 Å². The third-order valence-electron chi connectivity index (χ3n) is 3.47. The minimum Gasteiger partial charge on any atom is -0.312 e. The van der Waals surface area contributed by atoms with Gasteiger partial charge in [-0.2, -0.15) is 0 Å². The molecule has 0 aliphatic rings. The van der Waals surface area contributed by atoms with Gasteiger partial charge in [0.25, 0.3) is 0 Å². The highest BCUT2D eigenvalue weighted by Gasteiger charge is 2.14. The summed E-state index contributed by atoms with van der Waals surface area (Å²) in [6.07, 6.45) is 3.92. The van der Waals surface area contributed by atoms with Crippen molar-refractivity contribution in [3.05, 3.63) is 60.0 Å². The summed E-state index contributed by atoms with van der Waals surface area (Å²) in [5.74, 6) is 0. The van der Waals surface area contributed by atoms with Gasteiger partial charge in [0.1, 0.15) is 0 Å². The van der Waals surface area contributed by atoms with Crippen LogP contribution in [0, 0.1) is 0 Å². The van der Waals surface area contributed by atoms with Crippen LogP contribution in [0.4, 0.5) is 0 Å². The predicted octanol–water partition coefficient (Wildman–Crippen LogP) is 4.18. The lowest BCUT2D eigenvalue weighted by atomic mass is 10.1. The number of nitrogens with one attached hydrogen (secondary N) is 1. The zero-order valence-corrected chi connectivity index (χ0v) is 13.6. The number of hydrogen-bond donors (Lipinski definition) is 1. The number of fused-ring (bicyclic) bond motifs is 1. The van der Waals surface area contributed by atoms with Gasteiger partial charge < -0.3 is 5.32 Å². The molecule has 112 valence electrons. The molecule has 3 heteroatoms. The first kappa shape index (κ1) is 16.0. The Kier molecular flexibility index (Phi) is 6.18. The van der Waals surface area contributed by atoms with Gasteiger partial charge in [0.15, 0.2) is 0 Å². The third kappa shape index (κ3) is 4.03. The van der Waals surface area contributed by atoms with Gasteiger partial charge in [0.2, 0.25) is 0 Å². The van der Waals surface area contributed by atoms with E-state index < -0.39 is 0 Å². The monoisotopic (exact) mass is 300 g/mol. The summed E-state index contributed by atoms with van der Waals surface area (Å²) in [6, 6.07) is 8.69. The van der Waals surface area contributed by atoms with Gasteiger partial charge in [-0.1, -0.05) is 37.3 Å². The highest BCUT2D eigenvalue weighted by atomic mass is 32.1. The van der Waals surface area contributed by atoms with Crippen molar-refractivity contribution >= 4 is 21.4 Å². The molecule has 2 rings (SSSR count). The van der Waals surface area contributed by atoms with Crippen molar-refractivity contribution in [3.63, 3.8) is 0 Å². The molecule has 0 amide bonds. The Balaban J connectivity index is 2.33. The zero-order valence-electron chi connectivity index (χ0n) is 12.8. The topological polar surface area (TPSA) is 15.3 Å². The largest absolute Gasteiger partial charge is 0.312 e. The van der Waals surface area contributed by atoms with E-state index in [1.165, 1.54) is 20.5 Å². The van der Waals surface area contributed by atoms with Gasteiger partial charge in [-0.3, -0.25) is 4.90 Å². The van der Waals surface area contributed by atoms with Crippen LogP contribution in [0.5, 0.6) is 0 Å². The SMILES string of the molecule is C=CCN(CC=C)Cc1c(CNCC)sc2ccccc12. The Morgan fingerprint density at radius 1 is 1.19 bits per heavy atom. The lowest BCUT2D eigenvalue weighted by Gasteiger charge is -2.19. The Labute approximate surface area is 131 Å². The maximum atomic E-state index is 3.86. The summed E-state index contributed by atoms with van der Waals surface area (Å²) in [6.45, 7) is 14.5. The van der Waals surface area contributed by atoms with Crippen LogP contribution in [0.3, 0.4) is 0 Å². The van der Waals surface area contributed by atoms with Crippen molar-refractivity contribution in [2.24, 2.45) is 0 Å². The lowest BCUT2D eigenvalue weighted by molar-refractivity contribution is 0.328. The third-order valence-corrected chi connectivity index (χ3v) is 4.69. The molecule has 0 unspecified atom stereocenters. The van der Waals surface area contributed by atoms with E-state index in [0.717, 1.165) is 32.7 Å². The van der Waals surface area contributed by atoms with Gasteiger partial charge >= 0.3 is 0 Å². The van der Waals surface area contributed by atoms with Crippen LogP contribution in [0.1, 0.15) is 17.4 Å². The van der Waals surface area contributed by atoms with E-state index in [-0.39, 0.29) is 0 Å². The van der Waals surface area contributed by atoms with Crippen LogP contribution in [0.2, 0.25) is 0 Å². The van der Waals surface area contributed by atoms with E-state index in [0.29, 0.717) is 0 Å². The number of rotatable bonds is 9. The van der Waals surface area contributed by atoms with E-state index in [9.17, 15) is 0 Å². The van der Waals surface area contributed by atoms with Gasteiger partial charge in [-0.15, -0.1) is 24.5 Å². The molecule has 1 heterocycles. The van der Waals surface area contributed by atoms with E-state index in [2.05, 4.69) is 54.6 Å². The molecule has 0 atom stereocenters. The van der Waals surface area contributed by atoms with Crippen molar-refractivity contribution in [2.45, 2.75) is 20.0 Å². The molecule has 2 aromatic rings. The van der Waals surface area contributed by atoms with Crippen LogP contribution in [0.25, 0.3) is 10.1 Å². The molecule has 0 fully saturated rings. The van der Waals surface area contributed by atoms with E-state index in [4.69, 9.17) is 0 Å². The summed E-state index contributed by atoms with van der Waals surface area (Å²) in [4.78, 5) is 3.81. The number of thiophene rings is 1. The summed E-state index contributed by atoms with van der Waals surface area (Å²) in [5.41, 5.74) is 1.44. The molecule has 2 nitrogen and oxygen atoms in total. The van der Waals surface area contributed by atoms with Crippen molar-refractivity contribution in [2.75, 3.05) is 19.6 Å². The molecule has 21 heavy (non-hydrogen) atoms. The molecule has 1 aromatic carbocycles. The van der Waals surface area contributed by atoms with Crippen molar-refractivity contribution in [1.29, 1.82) is 0 Å². The first-order valence-electron chi connectivity index (χ1n) is 7.44.